The molecule has 1 atom stereocenters. The smallest absolute Gasteiger partial charge is 0.191 e. The summed E-state index contributed by atoms with van der Waals surface area (Å²) in [5, 5.41) is 8.47. The molecule has 2 aromatic rings. The molecule has 1 saturated carbocycles. The highest BCUT2D eigenvalue weighted by Gasteiger charge is 2.30. The van der Waals surface area contributed by atoms with Crippen LogP contribution in [0.2, 0.25) is 0 Å². The summed E-state index contributed by atoms with van der Waals surface area (Å²) in [6.45, 7) is 1.72. The molecule has 0 unspecified atom stereocenters. The van der Waals surface area contributed by atoms with E-state index in [0.717, 1.165) is 30.8 Å². The SMILES string of the molecule is C[C@@H](Sc1nnc(C2CC2)n1C)C(=O)c1ccc(F)c(F)c1. The number of carbonyl (C=O) groups is 1. The van der Waals surface area contributed by atoms with Gasteiger partial charge in [-0.1, -0.05) is 11.8 Å². The molecule has 0 aliphatic heterocycles. The van der Waals surface area contributed by atoms with Crippen LogP contribution in [0.3, 0.4) is 0 Å². The minimum Gasteiger partial charge on any atom is -0.309 e. The number of benzene rings is 1. The van der Waals surface area contributed by atoms with Crippen LogP contribution in [0.4, 0.5) is 8.78 Å². The van der Waals surface area contributed by atoms with E-state index in [1.165, 1.54) is 17.8 Å². The summed E-state index contributed by atoms with van der Waals surface area (Å²) in [6.07, 6.45) is 2.25. The molecule has 7 heteroatoms. The van der Waals surface area contributed by atoms with Gasteiger partial charge in [0.25, 0.3) is 0 Å². The van der Waals surface area contributed by atoms with Gasteiger partial charge in [0, 0.05) is 18.5 Å². The summed E-state index contributed by atoms with van der Waals surface area (Å²) >= 11 is 1.27. The Morgan fingerprint density at radius 2 is 2.05 bits per heavy atom. The van der Waals surface area contributed by atoms with Crippen molar-refractivity contribution < 1.29 is 13.6 Å². The Hall–Kier alpha value is -1.76. The van der Waals surface area contributed by atoms with Crippen molar-refractivity contribution in [1.29, 1.82) is 0 Å². The second-order valence-corrected chi connectivity index (χ2v) is 6.74. The highest BCUT2D eigenvalue weighted by molar-refractivity contribution is 8.00. The largest absolute Gasteiger partial charge is 0.309 e. The van der Waals surface area contributed by atoms with E-state index in [4.69, 9.17) is 0 Å². The average molecular weight is 323 g/mol. The second kappa shape index (κ2) is 5.79. The van der Waals surface area contributed by atoms with Crippen LogP contribution in [-0.4, -0.2) is 25.8 Å². The van der Waals surface area contributed by atoms with E-state index in [-0.39, 0.29) is 11.3 Å². The summed E-state index contributed by atoms with van der Waals surface area (Å²) in [4.78, 5) is 12.3. The second-order valence-electron chi connectivity index (χ2n) is 5.43. The molecule has 116 valence electrons. The molecule has 0 amide bonds. The molecule has 1 fully saturated rings. The van der Waals surface area contributed by atoms with Gasteiger partial charge in [0.05, 0.1) is 5.25 Å². The Kier molecular flexibility index (Phi) is 3.99. The number of ketones is 1. The molecule has 1 aromatic carbocycles. The van der Waals surface area contributed by atoms with Crippen LogP contribution >= 0.6 is 11.8 Å². The summed E-state index contributed by atoms with van der Waals surface area (Å²) in [6, 6.07) is 3.19. The molecular weight excluding hydrogens is 308 g/mol. The summed E-state index contributed by atoms with van der Waals surface area (Å²) < 4.78 is 28.1. The molecule has 4 nitrogen and oxygen atoms in total. The van der Waals surface area contributed by atoms with Crippen LogP contribution in [0.25, 0.3) is 0 Å². The Labute approximate surface area is 130 Å². The van der Waals surface area contributed by atoms with E-state index in [9.17, 15) is 13.6 Å². The third-order valence-corrected chi connectivity index (χ3v) is 4.80. The van der Waals surface area contributed by atoms with Gasteiger partial charge in [0.1, 0.15) is 5.82 Å². The predicted molar refractivity (Wildman–Crippen MR) is 79.0 cm³/mol. The number of carbonyl (C=O) groups excluding carboxylic acids is 1. The van der Waals surface area contributed by atoms with E-state index in [0.29, 0.717) is 11.1 Å². The quantitative estimate of drug-likeness (QED) is 0.625. The van der Waals surface area contributed by atoms with Gasteiger partial charge < -0.3 is 4.57 Å². The van der Waals surface area contributed by atoms with Gasteiger partial charge >= 0.3 is 0 Å². The standard InChI is InChI=1S/C15H15F2N3OS/c1-8(13(21)10-5-6-11(16)12(17)7-10)22-15-19-18-14(20(15)2)9-3-4-9/h5-9H,3-4H2,1-2H3/t8-/m1/s1. The average Bonchev–Trinajstić information content (AvgIpc) is 3.27. The van der Waals surface area contributed by atoms with Crippen molar-refractivity contribution in [2.24, 2.45) is 7.05 Å². The maximum absolute atomic E-state index is 13.2. The molecular formula is C15H15F2N3OS. The van der Waals surface area contributed by atoms with Crippen LogP contribution in [-0.2, 0) is 7.05 Å². The van der Waals surface area contributed by atoms with Gasteiger partial charge in [-0.15, -0.1) is 10.2 Å². The molecule has 3 rings (SSSR count). The first-order valence-corrected chi connectivity index (χ1v) is 7.90. The van der Waals surface area contributed by atoms with E-state index in [2.05, 4.69) is 10.2 Å². The number of rotatable bonds is 5. The zero-order valence-corrected chi connectivity index (χ0v) is 13.0. The van der Waals surface area contributed by atoms with Crippen molar-refractivity contribution in [2.45, 2.75) is 36.1 Å². The van der Waals surface area contributed by atoms with Crippen molar-refractivity contribution in [3.05, 3.63) is 41.2 Å². The normalized spacial score (nSPS) is 15.8. The number of hydrogen-bond acceptors (Lipinski definition) is 4. The number of hydrogen-bond donors (Lipinski definition) is 0. The molecule has 22 heavy (non-hydrogen) atoms. The lowest BCUT2D eigenvalue weighted by molar-refractivity contribution is 0.0993. The van der Waals surface area contributed by atoms with E-state index < -0.39 is 16.9 Å². The van der Waals surface area contributed by atoms with Crippen molar-refractivity contribution in [3.63, 3.8) is 0 Å². The van der Waals surface area contributed by atoms with E-state index >= 15 is 0 Å². The monoisotopic (exact) mass is 323 g/mol. The molecule has 1 aliphatic carbocycles. The minimum absolute atomic E-state index is 0.156. The summed E-state index contributed by atoms with van der Waals surface area (Å²) in [5.74, 6) is -0.823. The fourth-order valence-electron chi connectivity index (χ4n) is 2.22. The first kappa shape index (κ1) is 15.1. The molecule has 0 spiro atoms. The van der Waals surface area contributed by atoms with E-state index in [1.54, 1.807) is 6.92 Å². The van der Waals surface area contributed by atoms with Gasteiger partial charge in [-0.05, 0) is 38.0 Å². The van der Waals surface area contributed by atoms with Crippen LogP contribution in [0.15, 0.2) is 23.4 Å². The molecule has 0 bridgehead atoms. The van der Waals surface area contributed by atoms with Gasteiger partial charge in [-0.3, -0.25) is 4.79 Å². The fraction of sp³-hybridized carbons (Fsp3) is 0.400. The first-order chi connectivity index (χ1) is 10.5. The minimum atomic E-state index is -1.02. The Morgan fingerprint density at radius 3 is 2.68 bits per heavy atom. The number of halogens is 2. The van der Waals surface area contributed by atoms with E-state index in [1.807, 2.05) is 11.6 Å². The number of Topliss-reactive ketones (excluding diaryl/α,β-unsaturated/α-hetero) is 1. The van der Waals surface area contributed by atoms with Crippen molar-refractivity contribution in [1.82, 2.24) is 14.8 Å². The highest BCUT2D eigenvalue weighted by atomic mass is 32.2. The number of nitrogens with zero attached hydrogens (tertiary/aromatic N) is 3. The molecule has 0 saturated heterocycles. The van der Waals surface area contributed by atoms with Gasteiger partial charge in [0.2, 0.25) is 0 Å². The predicted octanol–water partition coefficient (Wildman–Crippen LogP) is 3.33. The summed E-state index contributed by atoms with van der Waals surface area (Å²) in [7, 11) is 1.88. The first-order valence-electron chi connectivity index (χ1n) is 7.02. The summed E-state index contributed by atoms with van der Waals surface area (Å²) in [5.41, 5.74) is 0.156. The molecule has 1 aromatic heterocycles. The van der Waals surface area contributed by atoms with Crippen molar-refractivity contribution >= 4 is 17.5 Å². The van der Waals surface area contributed by atoms with Gasteiger partial charge in [-0.25, -0.2) is 8.78 Å². The van der Waals surface area contributed by atoms with Crippen LogP contribution in [0, 0.1) is 11.6 Å². The zero-order chi connectivity index (χ0) is 15.9. The lowest BCUT2D eigenvalue weighted by Crippen LogP contribution is -2.15. The zero-order valence-electron chi connectivity index (χ0n) is 12.2. The van der Waals surface area contributed by atoms with Crippen LogP contribution < -0.4 is 0 Å². The number of aromatic nitrogens is 3. The maximum atomic E-state index is 13.2. The molecule has 1 heterocycles. The van der Waals surface area contributed by atoms with Crippen LogP contribution in [0.5, 0.6) is 0 Å². The molecule has 0 N–H and O–H groups in total. The lowest BCUT2D eigenvalue weighted by atomic mass is 10.1. The molecule has 0 radical (unpaired) electrons. The topological polar surface area (TPSA) is 47.8 Å². The third-order valence-electron chi connectivity index (χ3n) is 3.67. The molecule has 1 aliphatic rings. The highest BCUT2D eigenvalue weighted by Crippen LogP contribution is 2.39. The van der Waals surface area contributed by atoms with Gasteiger partial charge in [-0.2, -0.15) is 0 Å². The fourth-order valence-corrected chi connectivity index (χ4v) is 3.12. The third kappa shape index (κ3) is 2.90. The van der Waals surface area contributed by atoms with Crippen molar-refractivity contribution in [2.75, 3.05) is 0 Å². The Morgan fingerprint density at radius 1 is 1.32 bits per heavy atom. The lowest BCUT2D eigenvalue weighted by Gasteiger charge is -2.10. The van der Waals surface area contributed by atoms with Gasteiger partial charge in [0.15, 0.2) is 22.6 Å². The number of thioether (sulfide) groups is 1. The Balaban J connectivity index is 1.74. The van der Waals surface area contributed by atoms with Crippen molar-refractivity contribution in [3.8, 4) is 0 Å². The Bertz CT molecular complexity index is 728. The van der Waals surface area contributed by atoms with Crippen LogP contribution in [0.1, 0.15) is 41.9 Å². The maximum Gasteiger partial charge on any atom is 0.191 e.